The predicted octanol–water partition coefficient (Wildman–Crippen LogP) is 1.75. The second-order valence-electron chi connectivity index (χ2n) is 5.26. The number of amides is 1. The van der Waals surface area contributed by atoms with Crippen molar-refractivity contribution in [2.45, 2.75) is 0 Å². The zero-order valence-electron chi connectivity index (χ0n) is 14.2. The molecule has 2 aromatic rings. The van der Waals surface area contributed by atoms with Gasteiger partial charge >= 0.3 is 0 Å². The highest BCUT2D eigenvalue weighted by atomic mass is 32.2. The molecule has 0 saturated carbocycles. The highest BCUT2D eigenvalue weighted by Gasteiger charge is 2.23. The third-order valence-electron chi connectivity index (χ3n) is 3.34. The van der Waals surface area contributed by atoms with Crippen LogP contribution in [0.5, 0.6) is 5.75 Å². The number of ether oxygens (including phenoxy) is 1. The van der Waals surface area contributed by atoms with Crippen molar-refractivity contribution in [2.24, 2.45) is 5.10 Å². The van der Waals surface area contributed by atoms with Crippen molar-refractivity contribution in [3.63, 3.8) is 0 Å². The molecule has 7 nitrogen and oxygen atoms in total. The maximum Gasteiger partial charge on any atom is 0.260 e. The Balaban J connectivity index is 2.14. The molecule has 0 aliphatic heterocycles. The predicted molar refractivity (Wildman–Crippen MR) is 97.3 cm³/mol. The first-order valence-electron chi connectivity index (χ1n) is 7.50. The van der Waals surface area contributed by atoms with E-state index in [4.69, 9.17) is 4.74 Å². The number of rotatable bonds is 7. The summed E-state index contributed by atoms with van der Waals surface area (Å²) in [6, 6.07) is 12.3. The van der Waals surface area contributed by atoms with Gasteiger partial charge in [0, 0.05) is 5.56 Å². The van der Waals surface area contributed by atoms with Gasteiger partial charge in [-0.05, 0) is 18.2 Å². The fourth-order valence-corrected chi connectivity index (χ4v) is 3.00. The Morgan fingerprint density at radius 2 is 1.88 bits per heavy atom. The number of methoxy groups -OCH3 is 1. The summed E-state index contributed by atoms with van der Waals surface area (Å²) in [6.07, 6.45) is 2.12. The second kappa shape index (κ2) is 8.43. The van der Waals surface area contributed by atoms with Crippen LogP contribution in [0.15, 0.2) is 53.6 Å². The van der Waals surface area contributed by atoms with Crippen LogP contribution in [0.1, 0.15) is 5.56 Å². The number of anilines is 1. The van der Waals surface area contributed by atoms with Crippen molar-refractivity contribution in [3.05, 3.63) is 59.9 Å². The molecule has 0 atom stereocenters. The number of nitrogens with zero attached hydrogens (tertiary/aromatic N) is 2. The van der Waals surface area contributed by atoms with E-state index in [1.807, 2.05) is 0 Å². The SMILES string of the molecule is COc1ccccc1N(CC(=O)NN=Cc1ccccc1F)S(C)(=O)=O. The van der Waals surface area contributed by atoms with Gasteiger partial charge in [0.1, 0.15) is 18.1 Å². The van der Waals surface area contributed by atoms with E-state index in [1.165, 1.54) is 31.4 Å². The van der Waals surface area contributed by atoms with Gasteiger partial charge in [-0.1, -0.05) is 30.3 Å². The number of benzene rings is 2. The van der Waals surface area contributed by atoms with Crippen LogP contribution in [0.25, 0.3) is 0 Å². The number of carbonyl (C=O) groups excluding carboxylic acids is 1. The molecule has 26 heavy (non-hydrogen) atoms. The number of halogens is 1. The molecule has 0 fully saturated rings. The van der Waals surface area contributed by atoms with E-state index < -0.39 is 28.3 Å². The van der Waals surface area contributed by atoms with Crippen molar-refractivity contribution >= 4 is 27.8 Å². The van der Waals surface area contributed by atoms with E-state index in [1.54, 1.807) is 24.3 Å². The molecule has 2 rings (SSSR count). The summed E-state index contributed by atoms with van der Waals surface area (Å²) < 4.78 is 43.7. The van der Waals surface area contributed by atoms with Gasteiger partial charge in [0.05, 0.1) is 25.3 Å². The molecule has 0 unspecified atom stereocenters. The summed E-state index contributed by atoms with van der Waals surface area (Å²) >= 11 is 0. The van der Waals surface area contributed by atoms with E-state index in [0.29, 0.717) is 5.75 Å². The molecule has 0 spiro atoms. The Morgan fingerprint density at radius 1 is 1.23 bits per heavy atom. The number of hydrazone groups is 1. The lowest BCUT2D eigenvalue weighted by atomic mass is 10.2. The third-order valence-corrected chi connectivity index (χ3v) is 4.47. The van der Waals surface area contributed by atoms with E-state index >= 15 is 0 Å². The standard InChI is InChI=1S/C17H18FN3O4S/c1-25-16-10-6-5-9-15(16)21(26(2,23)24)12-17(22)20-19-11-13-7-3-4-8-14(13)18/h3-11H,12H2,1-2H3,(H,20,22). The molecular formula is C17H18FN3O4S. The van der Waals surface area contributed by atoms with E-state index in [9.17, 15) is 17.6 Å². The molecule has 9 heteroatoms. The maximum atomic E-state index is 13.5. The first kappa shape index (κ1) is 19.4. The van der Waals surface area contributed by atoms with Gasteiger partial charge in [0.15, 0.2) is 0 Å². The van der Waals surface area contributed by atoms with E-state index in [0.717, 1.165) is 16.8 Å². The lowest BCUT2D eigenvalue weighted by Crippen LogP contribution is -2.39. The largest absolute Gasteiger partial charge is 0.495 e. The summed E-state index contributed by atoms with van der Waals surface area (Å²) in [5.74, 6) is -0.869. The number of sulfonamides is 1. The quantitative estimate of drug-likeness (QED) is 0.586. The molecule has 1 amide bonds. The van der Waals surface area contributed by atoms with Crippen molar-refractivity contribution < 1.29 is 22.3 Å². The van der Waals surface area contributed by atoms with E-state index in [-0.39, 0.29) is 11.3 Å². The summed E-state index contributed by atoms with van der Waals surface area (Å²) in [5.41, 5.74) is 2.60. The first-order chi connectivity index (χ1) is 12.3. The van der Waals surface area contributed by atoms with Gasteiger partial charge in [-0.3, -0.25) is 9.10 Å². The number of nitrogens with one attached hydrogen (secondary N) is 1. The molecule has 1 N–H and O–H groups in total. The first-order valence-corrected chi connectivity index (χ1v) is 9.35. The van der Waals surface area contributed by atoms with Gasteiger partial charge in [0.25, 0.3) is 5.91 Å². The highest BCUT2D eigenvalue weighted by molar-refractivity contribution is 7.92. The average molecular weight is 379 g/mol. The van der Waals surface area contributed by atoms with E-state index in [2.05, 4.69) is 10.5 Å². The number of para-hydroxylation sites is 2. The van der Waals surface area contributed by atoms with Crippen LogP contribution in [0.2, 0.25) is 0 Å². The Kier molecular flexibility index (Phi) is 6.29. The van der Waals surface area contributed by atoms with Gasteiger partial charge in [0.2, 0.25) is 10.0 Å². The van der Waals surface area contributed by atoms with Crippen LogP contribution >= 0.6 is 0 Å². The number of hydrogen-bond donors (Lipinski definition) is 1. The summed E-state index contributed by atoms with van der Waals surface area (Å²) in [4.78, 5) is 12.1. The molecule has 138 valence electrons. The van der Waals surface area contributed by atoms with Crippen LogP contribution in [-0.2, 0) is 14.8 Å². The summed E-state index contributed by atoms with van der Waals surface area (Å²) in [6.45, 7) is -0.506. The average Bonchev–Trinajstić information content (AvgIpc) is 2.60. The Morgan fingerprint density at radius 3 is 2.54 bits per heavy atom. The lowest BCUT2D eigenvalue weighted by molar-refractivity contribution is -0.119. The molecule has 0 heterocycles. The molecule has 0 saturated heterocycles. The lowest BCUT2D eigenvalue weighted by Gasteiger charge is -2.23. The fourth-order valence-electron chi connectivity index (χ4n) is 2.14. The van der Waals surface area contributed by atoms with Crippen LogP contribution < -0.4 is 14.5 Å². The van der Waals surface area contributed by atoms with Gasteiger partial charge in [-0.25, -0.2) is 18.2 Å². The van der Waals surface area contributed by atoms with Crippen LogP contribution in [-0.4, -0.2) is 40.4 Å². The molecule has 0 aromatic heterocycles. The van der Waals surface area contributed by atoms with Gasteiger partial charge < -0.3 is 4.74 Å². The van der Waals surface area contributed by atoms with Crippen molar-refractivity contribution in [1.29, 1.82) is 0 Å². The summed E-state index contributed by atoms with van der Waals surface area (Å²) in [5, 5.41) is 3.66. The molecule has 0 aliphatic carbocycles. The Bertz CT molecular complexity index is 916. The minimum absolute atomic E-state index is 0.192. The maximum absolute atomic E-state index is 13.5. The third kappa shape index (κ3) is 5.03. The second-order valence-corrected chi connectivity index (χ2v) is 7.16. The molecule has 0 aliphatic rings. The monoisotopic (exact) mass is 379 g/mol. The summed E-state index contributed by atoms with van der Waals surface area (Å²) in [7, 11) is -2.35. The minimum atomic E-state index is -3.75. The highest BCUT2D eigenvalue weighted by Crippen LogP contribution is 2.29. The Hall–Kier alpha value is -2.94. The van der Waals surface area contributed by atoms with Crippen molar-refractivity contribution in [2.75, 3.05) is 24.2 Å². The molecular weight excluding hydrogens is 361 g/mol. The zero-order chi connectivity index (χ0) is 19.2. The number of hydrogen-bond acceptors (Lipinski definition) is 5. The van der Waals surface area contributed by atoms with Gasteiger partial charge in [-0.2, -0.15) is 5.10 Å². The normalized spacial score (nSPS) is 11.3. The molecule has 0 radical (unpaired) electrons. The molecule has 2 aromatic carbocycles. The van der Waals surface area contributed by atoms with Crippen LogP contribution in [0.4, 0.5) is 10.1 Å². The van der Waals surface area contributed by atoms with Crippen LogP contribution in [0.3, 0.4) is 0 Å². The molecule has 0 bridgehead atoms. The Labute approximate surface area is 151 Å². The smallest absolute Gasteiger partial charge is 0.260 e. The van der Waals surface area contributed by atoms with Gasteiger partial charge in [-0.15, -0.1) is 0 Å². The topological polar surface area (TPSA) is 88.1 Å². The van der Waals surface area contributed by atoms with Crippen molar-refractivity contribution in [3.8, 4) is 5.75 Å². The number of carbonyl (C=O) groups is 1. The zero-order valence-corrected chi connectivity index (χ0v) is 15.0. The van der Waals surface area contributed by atoms with Crippen molar-refractivity contribution in [1.82, 2.24) is 5.43 Å². The fraction of sp³-hybridized carbons (Fsp3) is 0.176. The minimum Gasteiger partial charge on any atom is -0.495 e. The van der Waals surface area contributed by atoms with Crippen LogP contribution in [0, 0.1) is 5.82 Å².